The summed E-state index contributed by atoms with van der Waals surface area (Å²) in [5, 5.41) is 3.03. The van der Waals surface area contributed by atoms with E-state index in [0.717, 1.165) is 29.5 Å². The van der Waals surface area contributed by atoms with Crippen LogP contribution in [0.1, 0.15) is 35.8 Å². The summed E-state index contributed by atoms with van der Waals surface area (Å²) < 4.78 is 0. The van der Waals surface area contributed by atoms with Crippen LogP contribution in [-0.2, 0) is 11.2 Å². The molecule has 1 aliphatic rings. The summed E-state index contributed by atoms with van der Waals surface area (Å²) in [6.45, 7) is 3.48. The SMILES string of the molecule is CCNC(=O)[C@]1(Cc2ccccc2-c2cccnc2)CCCN(C(=O)c2ccccn2)C1. The predicted molar refractivity (Wildman–Crippen MR) is 124 cm³/mol. The molecule has 164 valence electrons. The molecule has 0 spiro atoms. The van der Waals surface area contributed by atoms with Gasteiger partial charge in [0.2, 0.25) is 5.91 Å². The van der Waals surface area contributed by atoms with E-state index in [1.54, 1.807) is 29.4 Å². The van der Waals surface area contributed by atoms with Crippen molar-refractivity contribution >= 4 is 11.8 Å². The molecule has 6 nitrogen and oxygen atoms in total. The number of nitrogens with zero attached hydrogens (tertiary/aromatic N) is 3. The minimum atomic E-state index is -0.697. The van der Waals surface area contributed by atoms with Crippen molar-refractivity contribution in [2.75, 3.05) is 19.6 Å². The van der Waals surface area contributed by atoms with Crippen LogP contribution in [0.2, 0.25) is 0 Å². The number of benzene rings is 1. The normalized spacial score (nSPS) is 18.2. The lowest BCUT2D eigenvalue weighted by atomic mass is 9.73. The molecule has 3 aromatic rings. The number of carbonyl (C=O) groups is 2. The molecular formula is C26H28N4O2. The van der Waals surface area contributed by atoms with E-state index in [0.29, 0.717) is 31.7 Å². The van der Waals surface area contributed by atoms with Gasteiger partial charge < -0.3 is 10.2 Å². The Labute approximate surface area is 188 Å². The zero-order valence-electron chi connectivity index (χ0n) is 18.3. The van der Waals surface area contributed by atoms with Crippen molar-refractivity contribution < 1.29 is 9.59 Å². The highest BCUT2D eigenvalue weighted by Gasteiger charge is 2.44. The van der Waals surface area contributed by atoms with Gasteiger partial charge in [-0.15, -0.1) is 0 Å². The summed E-state index contributed by atoms with van der Waals surface area (Å²) in [7, 11) is 0. The summed E-state index contributed by atoms with van der Waals surface area (Å²) in [4.78, 5) is 36.8. The first-order valence-corrected chi connectivity index (χ1v) is 11.1. The summed E-state index contributed by atoms with van der Waals surface area (Å²) in [6.07, 6.45) is 7.27. The maximum absolute atomic E-state index is 13.4. The highest BCUT2D eigenvalue weighted by molar-refractivity contribution is 5.93. The lowest BCUT2D eigenvalue weighted by Gasteiger charge is -2.42. The van der Waals surface area contributed by atoms with Gasteiger partial charge in [-0.3, -0.25) is 19.6 Å². The minimum absolute atomic E-state index is 0.000453. The Morgan fingerprint density at radius 3 is 2.66 bits per heavy atom. The van der Waals surface area contributed by atoms with Gasteiger partial charge in [0.05, 0.1) is 5.41 Å². The van der Waals surface area contributed by atoms with E-state index in [2.05, 4.69) is 27.4 Å². The van der Waals surface area contributed by atoms with E-state index in [4.69, 9.17) is 0 Å². The van der Waals surface area contributed by atoms with Crippen molar-refractivity contribution in [3.8, 4) is 11.1 Å². The largest absolute Gasteiger partial charge is 0.356 e. The third kappa shape index (κ3) is 4.54. The fraction of sp³-hybridized carbons (Fsp3) is 0.308. The molecule has 0 unspecified atom stereocenters. The molecular weight excluding hydrogens is 400 g/mol. The quantitative estimate of drug-likeness (QED) is 0.649. The first-order chi connectivity index (χ1) is 15.6. The summed E-state index contributed by atoms with van der Waals surface area (Å²) in [5.74, 6) is -0.126. The van der Waals surface area contributed by atoms with Crippen LogP contribution in [0.15, 0.2) is 73.2 Å². The standard InChI is InChI=1S/C26H28N4O2/c1-2-28-25(32)26(13-8-16-30(19-26)24(31)23-12-5-6-15-29-23)17-20-9-3-4-11-22(20)21-10-7-14-27-18-21/h3-7,9-12,14-15,18H,2,8,13,16-17,19H2,1H3,(H,28,32)/t26-/m0/s1. The lowest BCUT2D eigenvalue weighted by Crippen LogP contribution is -2.54. The topological polar surface area (TPSA) is 75.2 Å². The van der Waals surface area contributed by atoms with Crippen LogP contribution < -0.4 is 5.32 Å². The molecule has 0 aliphatic carbocycles. The molecule has 3 heterocycles. The second kappa shape index (κ2) is 9.73. The average Bonchev–Trinajstić information content (AvgIpc) is 2.85. The van der Waals surface area contributed by atoms with Crippen molar-refractivity contribution in [2.45, 2.75) is 26.2 Å². The van der Waals surface area contributed by atoms with Crippen molar-refractivity contribution in [1.82, 2.24) is 20.2 Å². The molecule has 1 atom stereocenters. The molecule has 4 rings (SSSR count). The Hall–Kier alpha value is -3.54. The Balaban J connectivity index is 1.68. The maximum atomic E-state index is 13.4. The second-order valence-corrected chi connectivity index (χ2v) is 8.26. The molecule has 1 saturated heterocycles. The Bertz CT molecular complexity index is 1070. The molecule has 1 N–H and O–H groups in total. The smallest absolute Gasteiger partial charge is 0.272 e. The van der Waals surface area contributed by atoms with Gasteiger partial charge in [0.1, 0.15) is 5.69 Å². The number of amides is 2. The predicted octanol–water partition coefficient (Wildman–Crippen LogP) is 3.74. The van der Waals surface area contributed by atoms with Crippen molar-refractivity contribution in [1.29, 1.82) is 0 Å². The molecule has 0 radical (unpaired) electrons. The number of hydrogen-bond donors (Lipinski definition) is 1. The van der Waals surface area contributed by atoms with Crippen molar-refractivity contribution in [3.63, 3.8) is 0 Å². The van der Waals surface area contributed by atoms with Crippen LogP contribution in [0.4, 0.5) is 0 Å². The number of rotatable bonds is 6. The molecule has 2 amide bonds. The summed E-state index contributed by atoms with van der Waals surface area (Å²) in [6, 6.07) is 17.4. The highest BCUT2D eigenvalue weighted by atomic mass is 16.2. The van der Waals surface area contributed by atoms with Crippen LogP contribution in [-0.4, -0.2) is 46.3 Å². The van der Waals surface area contributed by atoms with E-state index in [1.165, 1.54) is 0 Å². The van der Waals surface area contributed by atoms with Crippen LogP contribution >= 0.6 is 0 Å². The number of pyridine rings is 2. The molecule has 1 aromatic carbocycles. The molecule has 6 heteroatoms. The molecule has 32 heavy (non-hydrogen) atoms. The van der Waals surface area contributed by atoms with Crippen LogP contribution in [0, 0.1) is 5.41 Å². The van der Waals surface area contributed by atoms with Gasteiger partial charge in [0.15, 0.2) is 0 Å². The van der Waals surface area contributed by atoms with Gasteiger partial charge in [-0.25, -0.2) is 0 Å². The summed E-state index contributed by atoms with van der Waals surface area (Å²) in [5.41, 5.74) is 2.88. The number of aromatic nitrogens is 2. The zero-order chi connectivity index (χ0) is 22.4. The number of nitrogens with one attached hydrogen (secondary N) is 1. The van der Waals surface area contributed by atoms with Crippen LogP contribution in [0.25, 0.3) is 11.1 Å². The molecule has 1 fully saturated rings. The number of likely N-dealkylation sites (tertiary alicyclic amines) is 1. The van der Waals surface area contributed by atoms with Gasteiger partial charge in [0, 0.05) is 43.8 Å². The first kappa shape index (κ1) is 21.7. The third-order valence-electron chi connectivity index (χ3n) is 6.09. The number of hydrogen-bond acceptors (Lipinski definition) is 4. The molecule has 1 aliphatic heterocycles. The van der Waals surface area contributed by atoms with Gasteiger partial charge in [-0.05, 0) is 55.5 Å². The molecule has 0 saturated carbocycles. The Morgan fingerprint density at radius 2 is 1.91 bits per heavy atom. The van der Waals surface area contributed by atoms with E-state index < -0.39 is 5.41 Å². The van der Waals surface area contributed by atoms with Gasteiger partial charge in [0.25, 0.3) is 5.91 Å². The number of carbonyl (C=O) groups excluding carboxylic acids is 2. The maximum Gasteiger partial charge on any atom is 0.272 e. The highest BCUT2D eigenvalue weighted by Crippen LogP contribution is 2.37. The average molecular weight is 429 g/mol. The van der Waals surface area contributed by atoms with Gasteiger partial charge >= 0.3 is 0 Å². The third-order valence-corrected chi connectivity index (χ3v) is 6.09. The van der Waals surface area contributed by atoms with E-state index >= 15 is 0 Å². The van der Waals surface area contributed by atoms with Gasteiger partial charge in [-0.1, -0.05) is 36.4 Å². The zero-order valence-corrected chi connectivity index (χ0v) is 18.3. The minimum Gasteiger partial charge on any atom is -0.356 e. The van der Waals surface area contributed by atoms with Crippen LogP contribution in [0.3, 0.4) is 0 Å². The van der Waals surface area contributed by atoms with Crippen molar-refractivity contribution in [2.24, 2.45) is 5.41 Å². The van der Waals surface area contributed by atoms with E-state index in [-0.39, 0.29) is 11.8 Å². The van der Waals surface area contributed by atoms with E-state index in [9.17, 15) is 9.59 Å². The fourth-order valence-corrected chi connectivity index (χ4v) is 4.56. The van der Waals surface area contributed by atoms with Gasteiger partial charge in [-0.2, -0.15) is 0 Å². The molecule has 0 bridgehead atoms. The fourth-order valence-electron chi connectivity index (χ4n) is 4.56. The summed E-state index contributed by atoms with van der Waals surface area (Å²) >= 11 is 0. The Morgan fingerprint density at radius 1 is 1.06 bits per heavy atom. The number of piperidine rings is 1. The van der Waals surface area contributed by atoms with Crippen LogP contribution in [0.5, 0.6) is 0 Å². The molecule has 2 aromatic heterocycles. The Kier molecular flexibility index (Phi) is 6.59. The lowest BCUT2D eigenvalue weighted by molar-refractivity contribution is -0.133. The van der Waals surface area contributed by atoms with Crippen molar-refractivity contribution in [3.05, 3.63) is 84.4 Å². The second-order valence-electron chi connectivity index (χ2n) is 8.26. The van der Waals surface area contributed by atoms with E-state index in [1.807, 2.05) is 43.5 Å². The first-order valence-electron chi connectivity index (χ1n) is 11.1. The monoisotopic (exact) mass is 428 g/mol.